The number of nitrogens with zero attached hydrogens (tertiary/aromatic N) is 1. The minimum Gasteiger partial charge on any atom is -0.388 e. The van der Waals surface area contributed by atoms with Gasteiger partial charge >= 0.3 is 0 Å². The van der Waals surface area contributed by atoms with E-state index in [1.54, 1.807) is 0 Å². The number of rotatable bonds is 4. The third-order valence-electron chi connectivity index (χ3n) is 3.81. The van der Waals surface area contributed by atoms with Gasteiger partial charge in [-0.15, -0.1) is 0 Å². The second kappa shape index (κ2) is 6.32. The first-order valence-electron chi connectivity index (χ1n) is 6.88. The van der Waals surface area contributed by atoms with Crippen molar-refractivity contribution in [1.82, 2.24) is 4.90 Å². The highest BCUT2D eigenvalue weighted by atomic mass is 16.3. The molecule has 1 atom stereocenters. The Kier molecular flexibility index (Phi) is 4.75. The zero-order valence-corrected chi connectivity index (χ0v) is 11.2. The van der Waals surface area contributed by atoms with Crippen LogP contribution in [0.5, 0.6) is 0 Å². The Hall–Kier alpha value is -0.900. The minimum atomic E-state index is -0.346. The molecule has 1 aromatic rings. The van der Waals surface area contributed by atoms with Gasteiger partial charge in [0.2, 0.25) is 0 Å². The molecule has 1 heterocycles. The van der Waals surface area contributed by atoms with Crippen LogP contribution in [-0.2, 0) is 0 Å². The summed E-state index contributed by atoms with van der Waals surface area (Å²) in [7, 11) is 0. The number of hydrogen-bond acceptors (Lipinski definition) is 3. The Labute approximate surface area is 110 Å². The summed E-state index contributed by atoms with van der Waals surface area (Å²) in [5.74, 6) is 0. The number of aliphatic hydroxyl groups is 1. The van der Waals surface area contributed by atoms with E-state index < -0.39 is 0 Å². The van der Waals surface area contributed by atoms with Gasteiger partial charge in [0.15, 0.2) is 0 Å². The molecule has 3 nitrogen and oxygen atoms in total. The molecule has 1 aliphatic rings. The fourth-order valence-corrected chi connectivity index (χ4v) is 2.44. The molecule has 0 aromatic heterocycles. The Bertz CT molecular complexity index is 355. The summed E-state index contributed by atoms with van der Waals surface area (Å²) < 4.78 is 0. The van der Waals surface area contributed by atoms with Gasteiger partial charge in [0, 0.05) is 12.6 Å². The minimum absolute atomic E-state index is 0.346. The van der Waals surface area contributed by atoms with E-state index in [1.807, 2.05) is 12.1 Å². The molecule has 1 aliphatic heterocycles. The Morgan fingerprint density at radius 3 is 2.50 bits per heavy atom. The second-order valence-electron chi connectivity index (χ2n) is 5.39. The lowest BCUT2D eigenvalue weighted by Gasteiger charge is -2.30. The molecular formula is C15H24N2O. The predicted octanol–water partition coefficient (Wildman–Crippen LogP) is 1.84. The van der Waals surface area contributed by atoms with Gasteiger partial charge in [-0.3, -0.25) is 0 Å². The van der Waals surface area contributed by atoms with Crippen molar-refractivity contribution in [3.63, 3.8) is 0 Å². The molecule has 2 rings (SSSR count). The number of nitrogens with two attached hydrogens (primary N) is 1. The molecule has 0 radical (unpaired) electrons. The second-order valence-corrected chi connectivity index (χ2v) is 5.39. The SMILES string of the molecule is Cc1ccc(C(O)CCN2CCC(N)CC2)cc1. The quantitative estimate of drug-likeness (QED) is 0.855. The van der Waals surface area contributed by atoms with Gasteiger partial charge in [-0.25, -0.2) is 0 Å². The van der Waals surface area contributed by atoms with Gasteiger partial charge in [-0.2, -0.15) is 0 Å². The molecule has 1 aromatic carbocycles. The number of benzene rings is 1. The van der Waals surface area contributed by atoms with Crippen LogP contribution in [-0.4, -0.2) is 35.7 Å². The molecule has 1 unspecified atom stereocenters. The van der Waals surface area contributed by atoms with Crippen molar-refractivity contribution in [1.29, 1.82) is 0 Å². The molecular weight excluding hydrogens is 224 g/mol. The van der Waals surface area contributed by atoms with E-state index in [0.717, 1.165) is 44.5 Å². The van der Waals surface area contributed by atoms with Gasteiger partial charge in [-0.1, -0.05) is 29.8 Å². The Balaban J connectivity index is 1.77. The zero-order chi connectivity index (χ0) is 13.0. The van der Waals surface area contributed by atoms with Crippen molar-refractivity contribution >= 4 is 0 Å². The van der Waals surface area contributed by atoms with Crippen molar-refractivity contribution in [2.24, 2.45) is 5.73 Å². The molecule has 1 saturated heterocycles. The first-order valence-corrected chi connectivity index (χ1v) is 6.88. The fraction of sp³-hybridized carbons (Fsp3) is 0.600. The average Bonchev–Trinajstić information content (AvgIpc) is 2.38. The van der Waals surface area contributed by atoms with Crippen LogP contribution in [0.3, 0.4) is 0 Å². The molecule has 3 heteroatoms. The molecule has 18 heavy (non-hydrogen) atoms. The third kappa shape index (κ3) is 3.80. The lowest BCUT2D eigenvalue weighted by Crippen LogP contribution is -2.40. The zero-order valence-electron chi connectivity index (χ0n) is 11.2. The van der Waals surface area contributed by atoms with Crippen molar-refractivity contribution < 1.29 is 5.11 Å². The normalized spacial score (nSPS) is 19.9. The van der Waals surface area contributed by atoms with Crippen LogP contribution in [0.4, 0.5) is 0 Å². The van der Waals surface area contributed by atoms with Gasteiger partial charge in [0.25, 0.3) is 0 Å². The summed E-state index contributed by atoms with van der Waals surface area (Å²) in [5.41, 5.74) is 8.14. The maximum absolute atomic E-state index is 10.1. The van der Waals surface area contributed by atoms with E-state index in [-0.39, 0.29) is 6.10 Å². The molecule has 0 aliphatic carbocycles. The van der Waals surface area contributed by atoms with Crippen LogP contribution in [0.2, 0.25) is 0 Å². The highest BCUT2D eigenvalue weighted by Gasteiger charge is 2.17. The Morgan fingerprint density at radius 2 is 1.89 bits per heavy atom. The topological polar surface area (TPSA) is 49.5 Å². The number of aryl methyl sites for hydroxylation is 1. The molecule has 3 N–H and O–H groups in total. The Morgan fingerprint density at radius 1 is 1.28 bits per heavy atom. The largest absolute Gasteiger partial charge is 0.388 e. The maximum atomic E-state index is 10.1. The number of hydrogen-bond donors (Lipinski definition) is 2. The summed E-state index contributed by atoms with van der Waals surface area (Å²) in [6.45, 7) is 5.17. The van der Waals surface area contributed by atoms with E-state index in [1.165, 1.54) is 5.56 Å². The fourth-order valence-electron chi connectivity index (χ4n) is 2.44. The number of likely N-dealkylation sites (tertiary alicyclic amines) is 1. The molecule has 100 valence electrons. The maximum Gasteiger partial charge on any atom is 0.0802 e. The monoisotopic (exact) mass is 248 g/mol. The van der Waals surface area contributed by atoms with Crippen LogP contribution >= 0.6 is 0 Å². The third-order valence-corrected chi connectivity index (χ3v) is 3.81. The summed E-state index contributed by atoms with van der Waals surface area (Å²) in [6.07, 6.45) is 2.63. The highest BCUT2D eigenvalue weighted by Crippen LogP contribution is 2.18. The average molecular weight is 248 g/mol. The summed E-state index contributed by atoms with van der Waals surface area (Å²) in [5, 5.41) is 10.1. The van der Waals surface area contributed by atoms with Crippen LogP contribution in [0, 0.1) is 6.92 Å². The van der Waals surface area contributed by atoms with Gasteiger partial charge in [0.1, 0.15) is 0 Å². The van der Waals surface area contributed by atoms with Gasteiger partial charge < -0.3 is 15.7 Å². The predicted molar refractivity (Wildman–Crippen MR) is 74.4 cm³/mol. The highest BCUT2D eigenvalue weighted by molar-refractivity contribution is 5.23. The van der Waals surface area contributed by atoms with Crippen molar-refractivity contribution in [2.45, 2.75) is 38.3 Å². The summed E-state index contributed by atoms with van der Waals surface area (Å²) in [6, 6.07) is 8.53. The molecule has 0 bridgehead atoms. The molecule has 0 saturated carbocycles. The van der Waals surface area contributed by atoms with Crippen molar-refractivity contribution in [2.75, 3.05) is 19.6 Å². The summed E-state index contributed by atoms with van der Waals surface area (Å²) >= 11 is 0. The summed E-state index contributed by atoms with van der Waals surface area (Å²) in [4.78, 5) is 2.40. The van der Waals surface area contributed by atoms with Crippen LogP contribution in [0.1, 0.15) is 36.5 Å². The lowest BCUT2D eigenvalue weighted by atomic mass is 10.0. The lowest BCUT2D eigenvalue weighted by molar-refractivity contribution is 0.131. The van der Waals surface area contributed by atoms with E-state index in [9.17, 15) is 5.11 Å². The van der Waals surface area contributed by atoms with Crippen molar-refractivity contribution in [3.05, 3.63) is 35.4 Å². The smallest absolute Gasteiger partial charge is 0.0802 e. The molecule has 1 fully saturated rings. The van der Waals surface area contributed by atoms with Crippen molar-refractivity contribution in [3.8, 4) is 0 Å². The number of aliphatic hydroxyl groups excluding tert-OH is 1. The molecule has 0 amide bonds. The first kappa shape index (κ1) is 13.5. The van der Waals surface area contributed by atoms with Crippen LogP contribution < -0.4 is 5.73 Å². The van der Waals surface area contributed by atoms with Crippen LogP contribution in [0.15, 0.2) is 24.3 Å². The number of piperidine rings is 1. The van der Waals surface area contributed by atoms with E-state index in [4.69, 9.17) is 5.73 Å². The first-order chi connectivity index (χ1) is 8.65. The standard InChI is InChI=1S/C15H24N2O/c1-12-2-4-13(5-3-12)15(18)8-11-17-9-6-14(16)7-10-17/h2-5,14-15,18H,6-11,16H2,1H3. The van der Waals surface area contributed by atoms with E-state index in [2.05, 4.69) is 24.0 Å². The van der Waals surface area contributed by atoms with E-state index in [0.29, 0.717) is 6.04 Å². The van der Waals surface area contributed by atoms with Crippen LogP contribution in [0.25, 0.3) is 0 Å². The van der Waals surface area contributed by atoms with Gasteiger partial charge in [-0.05, 0) is 44.8 Å². The van der Waals surface area contributed by atoms with Gasteiger partial charge in [0.05, 0.1) is 6.10 Å². The molecule has 0 spiro atoms. The van der Waals surface area contributed by atoms with E-state index >= 15 is 0 Å².